The molecule has 0 bridgehead atoms. The summed E-state index contributed by atoms with van der Waals surface area (Å²) in [5.74, 6) is 0.727. The maximum Gasteiger partial charge on any atom is 0.283 e. The van der Waals surface area contributed by atoms with Crippen LogP contribution < -0.4 is 21.9 Å². The number of halogens is 1. The van der Waals surface area contributed by atoms with Gasteiger partial charge in [-0.1, -0.05) is 0 Å². The lowest BCUT2D eigenvalue weighted by molar-refractivity contribution is -0.884. The van der Waals surface area contributed by atoms with Gasteiger partial charge in [0.25, 0.3) is 6.33 Å². The van der Waals surface area contributed by atoms with E-state index in [1.54, 1.807) is 13.2 Å². The van der Waals surface area contributed by atoms with Gasteiger partial charge in [0, 0.05) is 6.07 Å². The minimum absolute atomic E-state index is 0. The summed E-state index contributed by atoms with van der Waals surface area (Å²) < 4.78 is 6.03. The van der Waals surface area contributed by atoms with E-state index in [2.05, 4.69) is 4.98 Å². The Labute approximate surface area is 81.1 Å². The van der Waals surface area contributed by atoms with E-state index >= 15 is 0 Å². The van der Waals surface area contributed by atoms with Crippen LogP contribution in [0, 0.1) is 0 Å². The van der Waals surface area contributed by atoms with Gasteiger partial charge in [-0.15, -0.1) is 0 Å². The zero-order valence-corrected chi connectivity index (χ0v) is 7.75. The molecule has 1 aromatic heterocycles. The molecular formula is C8H9ClN2O2. The molecule has 0 saturated carbocycles. The van der Waals surface area contributed by atoms with Crippen LogP contribution in [0.25, 0.3) is 11.0 Å². The van der Waals surface area contributed by atoms with Crippen molar-refractivity contribution in [3.63, 3.8) is 0 Å². The van der Waals surface area contributed by atoms with Crippen molar-refractivity contribution in [3.05, 3.63) is 24.5 Å². The number of rotatable bonds is 1. The van der Waals surface area contributed by atoms with Crippen LogP contribution in [0.4, 0.5) is 0 Å². The van der Waals surface area contributed by atoms with Crippen LogP contribution in [0.2, 0.25) is 0 Å². The van der Waals surface area contributed by atoms with E-state index in [0.29, 0.717) is 5.52 Å². The highest BCUT2D eigenvalue weighted by atomic mass is 35.5. The summed E-state index contributed by atoms with van der Waals surface area (Å²) in [4.78, 5) is 2.90. The van der Waals surface area contributed by atoms with Crippen LogP contribution in [0.3, 0.4) is 0 Å². The van der Waals surface area contributed by atoms with Crippen LogP contribution in [0.1, 0.15) is 0 Å². The molecule has 2 aromatic rings. The van der Waals surface area contributed by atoms with Gasteiger partial charge in [-0.2, -0.15) is 0 Å². The second kappa shape index (κ2) is 3.53. The molecule has 0 atom stereocenters. The van der Waals surface area contributed by atoms with Gasteiger partial charge in [0.1, 0.15) is 5.75 Å². The van der Waals surface area contributed by atoms with Crippen LogP contribution in [0.15, 0.2) is 24.5 Å². The molecule has 13 heavy (non-hydrogen) atoms. The summed E-state index contributed by atoms with van der Waals surface area (Å²) in [5, 5.41) is 9.26. The predicted octanol–water partition coefficient (Wildman–Crippen LogP) is -2.29. The summed E-state index contributed by atoms with van der Waals surface area (Å²) in [5.41, 5.74) is 1.58. The van der Waals surface area contributed by atoms with E-state index in [-0.39, 0.29) is 12.4 Å². The van der Waals surface area contributed by atoms with Crippen molar-refractivity contribution >= 4 is 11.0 Å². The number of imidazole rings is 1. The fourth-order valence-electron chi connectivity index (χ4n) is 1.15. The summed E-state index contributed by atoms with van der Waals surface area (Å²) in [6, 6.07) is 5.44. The SMILES string of the molecule is COc1ccc2[nH]c[n+](O)c2c1.[Cl-]. The van der Waals surface area contributed by atoms with Gasteiger partial charge in [-0.25, -0.2) is 4.98 Å². The summed E-state index contributed by atoms with van der Waals surface area (Å²) in [7, 11) is 1.59. The average molecular weight is 201 g/mol. The molecule has 70 valence electrons. The molecule has 0 aliphatic heterocycles. The number of benzene rings is 1. The molecule has 2 N–H and O–H groups in total. The highest BCUT2D eigenvalue weighted by Gasteiger charge is 2.08. The van der Waals surface area contributed by atoms with E-state index in [0.717, 1.165) is 16.0 Å². The Morgan fingerprint density at radius 3 is 2.92 bits per heavy atom. The number of fused-ring (bicyclic) bond motifs is 1. The number of hydrogen-bond donors (Lipinski definition) is 2. The lowest BCUT2D eigenvalue weighted by atomic mass is 10.3. The van der Waals surface area contributed by atoms with Gasteiger partial charge in [0.2, 0.25) is 5.52 Å². The molecule has 4 nitrogen and oxygen atoms in total. The third-order valence-electron chi connectivity index (χ3n) is 1.79. The fourth-order valence-corrected chi connectivity index (χ4v) is 1.15. The van der Waals surface area contributed by atoms with Gasteiger partial charge in [-0.3, -0.25) is 0 Å². The zero-order valence-electron chi connectivity index (χ0n) is 6.99. The van der Waals surface area contributed by atoms with E-state index in [1.165, 1.54) is 6.33 Å². The van der Waals surface area contributed by atoms with Crippen molar-refractivity contribution in [1.82, 2.24) is 4.98 Å². The van der Waals surface area contributed by atoms with Crippen LogP contribution in [-0.2, 0) is 0 Å². The third kappa shape index (κ3) is 1.53. The number of nitrogens with zero attached hydrogens (tertiary/aromatic N) is 1. The highest BCUT2D eigenvalue weighted by molar-refractivity contribution is 5.72. The van der Waals surface area contributed by atoms with Crippen molar-refractivity contribution in [3.8, 4) is 5.75 Å². The molecule has 0 aliphatic carbocycles. The highest BCUT2D eigenvalue weighted by Crippen LogP contribution is 2.15. The minimum atomic E-state index is 0. The molecule has 5 heteroatoms. The normalized spacial score (nSPS) is 9.62. The Bertz CT molecular complexity index is 413. The lowest BCUT2D eigenvalue weighted by Crippen LogP contribution is -3.00. The van der Waals surface area contributed by atoms with Crippen molar-refractivity contribution in [2.24, 2.45) is 0 Å². The maximum absolute atomic E-state index is 9.26. The quantitative estimate of drug-likeness (QED) is 0.402. The van der Waals surface area contributed by atoms with Gasteiger partial charge in [0.05, 0.1) is 7.11 Å². The number of aromatic nitrogens is 2. The first-order valence-electron chi connectivity index (χ1n) is 3.57. The van der Waals surface area contributed by atoms with Crippen molar-refractivity contribution < 1.29 is 27.1 Å². The summed E-state index contributed by atoms with van der Waals surface area (Å²) in [6.07, 6.45) is 1.48. The van der Waals surface area contributed by atoms with E-state index < -0.39 is 0 Å². The maximum atomic E-state index is 9.26. The molecule has 0 radical (unpaired) electrons. The topological polar surface area (TPSA) is 49.1 Å². The molecule has 0 spiro atoms. The zero-order chi connectivity index (χ0) is 8.55. The number of H-pyrrole nitrogens is 1. The number of aromatic amines is 1. The monoisotopic (exact) mass is 200 g/mol. The Kier molecular flexibility index (Phi) is 2.63. The van der Waals surface area contributed by atoms with Gasteiger partial charge >= 0.3 is 0 Å². The van der Waals surface area contributed by atoms with Crippen LogP contribution in [-0.4, -0.2) is 17.3 Å². The largest absolute Gasteiger partial charge is 1.00 e. The first-order chi connectivity index (χ1) is 5.81. The fraction of sp³-hybridized carbons (Fsp3) is 0.125. The Balaban J connectivity index is 0.000000845. The molecule has 2 rings (SSSR count). The Morgan fingerprint density at radius 2 is 2.23 bits per heavy atom. The predicted molar refractivity (Wildman–Crippen MR) is 42.2 cm³/mol. The van der Waals surface area contributed by atoms with Crippen molar-refractivity contribution in [2.75, 3.05) is 7.11 Å². The number of ether oxygens (including phenoxy) is 1. The van der Waals surface area contributed by atoms with Gasteiger partial charge in [0.15, 0.2) is 5.52 Å². The summed E-state index contributed by atoms with van der Waals surface area (Å²) >= 11 is 0. The van der Waals surface area contributed by atoms with Crippen LogP contribution >= 0.6 is 0 Å². The standard InChI is InChI=1S/C8H8N2O2.ClH/c1-12-6-2-3-7-8(4-6)10(11)5-9-7;/h2-5,11H,1H3;1H. The molecule has 1 heterocycles. The number of nitrogens with one attached hydrogen (secondary N) is 1. The molecule has 0 amide bonds. The first-order valence-corrected chi connectivity index (χ1v) is 3.57. The molecule has 0 aliphatic rings. The van der Waals surface area contributed by atoms with E-state index in [4.69, 9.17) is 4.74 Å². The van der Waals surface area contributed by atoms with E-state index in [1.807, 2.05) is 12.1 Å². The second-order valence-corrected chi connectivity index (χ2v) is 2.50. The molecule has 0 fully saturated rings. The molecular weight excluding hydrogens is 192 g/mol. The summed E-state index contributed by atoms with van der Waals surface area (Å²) in [6.45, 7) is 0. The van der Waals surface area contributed by atoms with Gasteiger partial charge < -0.3 is 22.4 Å². The van der Waals surface area contributed by atoms with Crippen molar-refractivity contribution in [1.29, 1.82) is 0 Å². The minimum Gasteiger partial charge on any atom is -1.00 e. The molecule has 1 aromatic carbocycles. The third-order valence-corrected chi connectivity index (χ3v) is 1.79. The molecule has 0 saturated heterocycles. The Hall–Kier alpha value is -1.42. The Morgan fingerprint density at radius 1 is 1.46 bits per heavy atom. The number of methoxy groups -OCH3 is 1. The van der Waals surface area contributed by atoms with Gasteiger partial charge in [-0.05, 0) is 16.9 Å². The van der Waals surface area contributed by atoms with Crippen molar-refractivity contribution in [2.45, 2.75) is 0 Å². The second-order valence-electron chi connectivity index (χ2n) is 2.50. The van der Waals surface area contributed by atoms with Crippen LogP contribution in [0.5, 0.6) is 5.75 Å². The number of hydrogen-bond acceptors (Lipinski definition) is 2. The first kappa shape index (κ1) is 9.67. The lowest BCUT2D eigenvalue weighted by Gasteiger charge is -1.95. The smallest absolute Gasteiger partial charge is 0.283 e. The van der Waals surface area contributed by atoms with E-state index in [9.17, 15) is 5.21 Å². The molecule has 0 unspecified atom stereocenters. The average Bonchev–Trinajstić information content (AvgIpc) is 2.47.